The highest BCUT2D eigenvalue weighted by molar-refractivity contribution is 6.27. The number of anilines is 5. The maximum absolute atomic E-state index is 3.50. The standard InChI is InChI=1S/C40H28N2/c1-4-10-31(11-5-1)41-32-22-16-28(17-23-32)35-24-18-29-20-26-37-38(27-21-30-19-25-36(35)39(29)40(30)37)42(33-12-6-2-7-13-33)34-14-8-3-9-15-34/h1-27,41H. The van der Waals surface area contributed by atoms with Crippen molar-refractivity contribution in [3.8, 4) is 11.1 Å². The van der Waals surface area contributed by atoms with Crippen LogP contribution in [0.15, 0.2) is 164 Å². The molecule has 0 aliphatic carbocycles. The van der Waals surface area contributed by atoms with E-state index in [0.717, 1.165) is 22.7 Å². The predicted octanol–water partition coefficient (Wildman–Crippen LogP) is 11.5. The lowest BCUT2D eigenvalue weighted by Crippen LogP contribution is -2.10. The first-order valence-corrected chi connectivity index (χ1v) is 14.4. The number of para-hydroxylation sites is 3. The van der Waals surface area contributed by atoms with Crippen LogP contribution in [-0.2, 0) is 0 Å². The maximum Gasteiger partial charge on any atom is 0.0540 e. The molecule has 0 heterocycles. The first kappa shape index (κ1) is 24.2. The number of hydrogen-bond acceptors (Lipinski definition) is 2. The lowest BCUT2D eigenvalue weighted by Gasteiger charge is -2.27. The summed E-state index contributed by atoms with van der Waals surface area (Å²) in [5.74, 6) is 0. The van der Waals surface area contributed by atoms with Crippen LogP contribution in [-0.4, -0.2) is 0 Å². The zero-order valence-electron chi connectivity index (χ0n) is 23.0. The molecular formula is C40H28N2. The molecule has 0 radical (unpaired) electrons. The van der Waals surface area contributed by atoms with Crippen molar-refractivity contribution in [3.63, 3.8) is 0 Å². The van der Waals surface area contributed by atoms with E-state index in [0.29, 0.717) is 0 Å². The van der Waals surface area contributed by atoms with Gasteiger partial charge in [-0.05, 0) is 92.7 Å². The lowest BCUT2D eigenvalue weighted by molar-refractivity contribution is 1.30. The fourth-order valence-corrected chi connectivity index (χ4v) is 6.23. The van der Waals surface area contributed by atoms with Crippen molar-refractivity contribution in [1.82, 2.24) is 0 Å². The third-order valence-corrected chi connectivity index (χ3v) is 8.17. The highest BCUT2D eigenvalue weighted by Gasteiger charge is 2.19. The van der Waals surface area contributed by atoms with Crippen LogP contribution in [0.4, 0.5) is 28.4 Å². The summed E-state index contributed by atoms with van der Waals surface area (Å²) in [5.41, 5.74) is 8.08. The number of nitrogens with zero attached hydrogens (tertiary/aromatic N) is 1. The molecule has 0 aliphatic rings. The van der Waals surface area contributed by atoms with E-state index in [1.165, 1.54) is 49.1 Å². The van der Waals surface area contributed by atoms with E-state index in [2.05, 4.69) is 156 Å². The summed E-state index contributed by atoms with van der Waals surface area (Å²) in [6.07, 6.45) is 0. The number of rotatable bonds is 6. The minimum Gasteiger partial charge on any atom is -0.356 e. The van der Waals surface area contributed by atoms with Gasteiger partial charge in [0.1, 0.15) is 0 Å². The Morgan fingerprint density at radius 2 is 0.881 bits per heavy atom. The normalized spacial score (nSPS) is 11.3. The monoisotopic (exact) mass is 536 g/mol. The molecule has 198 valence electrons. The quantitative estimate of drug-likeness (QED) is 0.213. The van der Waals surface area contributed by atoms with Gasteiger partial charge in [-0.15, -0.1) is 0 Å². The van der Waals surface area contributed by atoms with Crippen LogP contribution in [0.25, 0.3) is 43.4 Å². The maximum atomic E-state index is 3.50. The Hall–Kier alpha value is -5.60. The SMILES string of the molecule is c1ccc(Nc2ccc(-c3ccc4ccc5c(N(c6ccccc6)c6ccccc6)ccc6ccc3c4c65)cc2)cc1. The van der Waals surface area contributed by atoms with Crippen molar-refractivity contribution >= 4 is 60.8 Å². The summed E-state index contributed by atoms with van der Waals surface area (Å²) in [6.45, 7) is 0. The number of nitrogens with one attached hydrogen (secondary N) is 1. The smallest absolute Gasteiger partial charge is 0.0540 e. The first-order valence-electron chi connectivity index (χ1n) is 14.4. The van der Waals surface area contributed by atoms with Crippen molar-refractivity contribution in [3.05, 3.63) is 164 Å². The summed E-state index contributed by atoms with van der Waals surface area (Å²) in [6, 6.07) is 58.6. The van der Waals surface area contributed by atoms with E-state index in [1.807, 2.05) is 18.2 Å². The molecule has 8 aromatic rings. The molecule has 0 aromatic heterocycles. The third kappa shape index (κ3) is 4.13. The highest BCUT2D eigenvalue weighted by atomic mass is 15.1. The Balaban J connectivity index is 1.30. The van der Waals surface area contributed by atoms with Gasteiger partial charge in [0.2, 0.25) is 0 Å². The Labute approximate surface area is 245 Å². The molecule has 0 bridgehead atoms. The van der Waals surface area contributed by atoms with E-state index in [1.54, 1.807) is 0 Å². The number of benzene rings is 8. The Morgan fingerprint density at radius 1 is 0.381 bits per heavy atom. The Bertz CT molecular complexity index is 2100. The Kier molecular flexibility index (Phi) is 5.82. The molecule has 42 heavy (non-hydrogen) atoms. The molecule has 0 spiro atoms. The summed E-state index contributed by atoms with van der Waals surface area (Å²) in [5, 5.41) is 11.2. The Morgan fingerprint density at radius 3 is 1.52 bits per heavy atom. The van der Waals surface area contributed by atoms with Gasteiger partial charge in [-0.25, -0.2) is 0 Å². The van der Waals surface area contributed by atoms with Gasteiger partial charge in [-0.2, -0.15) is 0 Å². The average molecular weight is 537 g/mol. The molecule has 0 amide bonds. The lowest BCUT2D eigenvalue weighted by atomic mass is 9.89. The van der Waals surface area contributed by atoms with Gasteiger partial charge >= 0.3 is 0 Å². The van der Waals surface area contributed by atoms with Gasteiger partial charge in [-0.3, -0.25) is 0 Å². The van der Waals surface area contributed by atoms with Crippen LogP contribution in [0.1, 0.15) is 0 Å². The third-order valence-electron chi connectivity index (χ3n) is 8.17. The summed E-state index contributed by atoms with van der Waals surface area (Å²) < 4.78 is 0. The zero-order chi connectivity index (χ0) is 27.9. The summed E-state index contributed by atoms with van der Waals surface area (Å²) in [4.78, 5) is 2.37. The fraction of sp³-hybridized carbons (Fsp3) is 0. The zero-order valence-corrected chi connectivity index (χ0v) is 23.0. The minimum absolute atomic E-state index is 1.08. The topological polar surface area (TPSA) is 15.3 Å². The molecule has 2 nitrogen and oxygen atoms in total. The second-order valence-corrected chi connectivity index (χ2v) is 10.7. The van der Waals surface area contributed by atoms with Gasteiger partial charge < -0.3 is 10.2 Å². The van der Waals surface area contributed by atoms with Crippen LogP contribution in [0.5, 0.6) is 0 Å². The van der Waals surface area contributed by atoms with E-state index in [4.69, 9.17) is 0 Å². The molecule has 0 unspecified atom stereocenters. The first-order chi connectivity index (χ1) is 20.8. The van der Waals surface area contributed by atoms with Gasteiger partial charge in [0.15, 0.2) is 0 Å². The summed E-state index contributed by atoms with van der Waals surface area (Å²) >= 11 is 0. The molecule has 0 fully saturated rings. The van der Waals surface area contributed by atoms with Crippen LogP contribution < -0.4 is 10.2 Å². The van der Waals surface area contributed by atoms with Gasteiger partial charge in [0.25, 0.3) is 0 Å². The van der Waals surface area contributed by atoms with Gasteiger partial charge in [0.05, 0.1) is 5.69 Å². The van der Waals surface area contributed by atoms with Crippen molar-refractivity contribution in [2.24, 2.45) is 0 Å². The predicted molar refractivity (Wildman–Crippen MR) is 180 cm³/mol. The molecule has 0 aliphatic heterocycles. The molecule has 8 rings (SSSR count). The van der Waals surface area contributed by atoms with E-state index in [-0.39, 0.29) is 0 Å². The van der Waals surface area contributed by atoms with Crippen molar-refractivity contribution < 1.29 is 0 Å². The molecule has 0 saturated carbocycles. The van der Waals surface area contributed by atoms with E-state index >= 15 is 0 Å². The molecule has 0 saturated heterocycles. The molecule has 2 heteroatoms. The van der Waals surface area contributed by atoms with E-state index < -0.39 is 0 Å². The highest BCUT2D eigenvalue weighted by Crippen LogP contribution is 2.45. The molecule has 8 aromatic carbocycles. The van der Waals surface area contributed by atoms with Crippen molar-refractivity contribution in [1.29, 1.82) is 0 Å². The number of hydrogen-bond donors (Lipinski definition) is 1. The molecule has 1 N–H and O–H groups in total. The largest absolute Gasteiger partial charge is 0.356 e. The van der Waals surface area contributed by atoms with Crippen LogP contribution in [0.2, 0.25) is 0 Å². The van der Waals surface area contributed by atoms with Gasteiger partial charge in [0, 0.05) is 28.1 Å². The summed E-state index contributed by atoms with van der Waals surface area (Å²) in [7, 11) is 0. The molecular weight excluding hydrogens is 508 g/mol. The second-order valence-electron chi connectivity index (χ2n) is 10.7. The molecule has 0 atom stereocenters. The van der Waals surface area contributed by atoms with Crippen molar-refractivity contribution in [2.45, 2.75) is 0 Å². The minimum atomic E-state index is 1.08. The second kappa shape index (κ2) is 10.1. The van der Waals surface area contributed by atoms with E-state index in [9.17, 15) is 0 Å². The van der Waals surface area contributed by atoms with Crippen LogP contribution in [0.3, 0.4) is 0 Å². The fourth-order valence-electron chi connectivity index (χ4n) is 6.23. The average Bonchev–Trinajstić information content (AvgIpc) is 3.06. The van der Waals surface area contributed by atoms with Gasteiger partial charge in [-0.1, -0.05) is 109 Å². The van der Waals surface area contributed by atoms with Crippen molar-refractivity contribution in [2.75, 3.05) is 10.2 Å². The van der Waals surface area contributed by atoms with Crippen LogP contribution >= 0.6 is 0 Å². The van der Waals surface area contributed by atoms with Crippen LogP contribution in [0, 0.1) is 0 Å².